The summed E-state index contributed by atoms with van der Waals surface area (Å²) in [6.45, 7) is 0. The number of amides is 2. The molecule has 3 aromatic carbocycles. The van der Waals surface area contributed by atoms with Crippen LogP contribution in [0.2, 0.25) is 0 Å². The number of hydrogen-bond acceptors (Lipinski definition) is 6. The van der Waals surface area contributed by atoms with Crippen LogP contribution in [0.3, 0.4) is 0 Å². The van der Waals surface area contributed by atoms with Gasteiger partial charge in [0.15, 0.2) is 17.5 Å². The van der Waals surface area contributed by atoms with Gasteiger partial charge in [-0.3, -0.25) is 14.6 Å². The van der Waals surface area contributed by atoms with Crippen molar-refractivity contribution in [2.24, 2.45) is 9.98 Å². The summed E-state index contributed by atoms with van der Waals surface area (Å²) in [7, 11) is 4.45. The SMILES string of the molecule is COc1cc(C(=O)Nc2ccccc2C2N=c3ccccc3=NC2=O)cc(OC)c1OC. The molecule has 0 radical (unpaired) electrons. The number of rotatable bonds is 6. The number of ether oxygens (including phenoxy) is 3. The Morgan fingerprint density at radius 1 is 0.875 bits per heavy atom. The number of benzene rings is 3. The van der Waals surface area contributed by atoms with Gasteiger partial charge in [0.1, 0.15) is 0 Å². The van der Waals surface area contributed by atoms with Crippen molar-refractivity contribution in [1.82, 2.24) is 0 Å². The minimum absolute atomic E-state index is 0.302. The van der Waals surface area contributed by atoms with Gasteiger partial charge in [0, 0.05) is 16.8 Å². The lowest BCUT2D eigenvalue weighted by Gasteiger charge is -2.18. The molecule has 0 saturated heterocycles. The molecular formula is C24H21N3O5. The van der Waals surface area contributed by atoms with Crippen LogP contribution in [0, 0.1) is 0 Å². The van der Waals surface area contributed by atoms with Crippen molar-refractivity contribution in [3.63, 3.8) is 0 Å². The zero-order chi connectivity index (χ0) is 22.7. The molecule has 8 nitrogen and oxygen atoms in total. The highest BCUT2D eigenvalue weighted by Gasteiger charge is 2.25. The Hall–Kier alpha value is -4.20. The van der Waals surface area contributed by atoms with Crippen LogP contribution in [0.15, 0.2) is 70.6 Å². The predicted octanol–water partition coefficient (Wildman–Crippen LogP) is 2.49. The Bertz CT molecular complexity index is 1290. The van der Waals surface area contributed by atoms with Gasteiger partial charge < -0.3 is 19.5 Å². The Morgan fingerprint density at radius 2 is 1.50 bits per heavy atom. The average Bonchev–Trinajstić information content (AvgIpc) is 2.83. The summed E-state index contributed by atoms with van der Waals surface area (Å²) in [6, 6.07) is 16.5. The van der Waals surface area contributed by atoms with E-state index in [9.17, 15) is 9.59 Å². The van der Waals surface area contributed by atoms with E-state index >= 15 is 0 Å². The van der Waals surface area contributed by atoms with Crippen LogP contribution in [0.5, 0.6) is 17.2 Å². The molecule has 1 aliphatic rings. The van der Waals surface area contributed by atoms with E-state index in [0.717, 1.165) is 0 Å². The molecule has 0 saturated carbocycles. The van der Waals surface area contributed by atoms with Gasteiger partial charge in [-0.05, 0) is 30.3 Å². The summed E-state index contributed by atoms with van der Waals surface area (Å²) in [4.78, 5) is 34.5. The van der Waals surface area contributed by atoms with Gasteiger partial charge in [0.2, 0.25) is 5.75 Å². The Kier molecular flexibility index (Phi) is 5.85. The number of para-hydroxylation sites is 3. The maximum absolute atomic E-state index is 13.1. The topological polar surface area (TPSA) is 98.6 Å². The molecule has 0 aliphatic carbocycles. The Labute approximate surface area is 184 Å². The number of nitrogens with one attached hydrogen (secondary N) is 1. The first-order valence-electron chi connectivity index (χ1n) is 9.81. The fraction of sp³-hybridized carbons (Fsp3) is 0.167. The molecule has 1 N–H and O–H groups in total. The summed E-state index contributed by atoms with van der Waals surface area (Å²) < 4.78 is 16.0. The highest BCUT2D eigenvalue weighted by Crippen LogP contribution is 2.38. The van der Waals surface area contributed by atoms with Gasteiger partial charge in [-0.15, -0.1) is 0 Å². The summed E-state index contributed by atoms with van der Waals surface area (Å²) in [5, 5.41) is 4.03. The number of anilines is 1. The van der Waals surface area contributed by atoms with E-state index in [1.165, 1.54) is 21.3 Å². The van der Waals surface area contributed by atoms with E-state index in [4.69, 9.17) is 14.2 Å². The summed E-state index contributed by atoms with van der Waals surface area (Å²) in [5.41, 5.74) is 1.32. The number of carbonyl (C=O) groups excluding carboxylic acids is 2. The van der Waals surface area contributed by atoms with Crippen molar-refractivity contribution in [3.8, 4) is 17.2 Å². The van der Waals surface area contributed by atoms with Gasteiger partial charge in [-0.2, -0.15) is 0 Å². The van der Waals surface area contributed by atoms with Gasteiger partial charge in [-0.25, -0.2) is 4.99 Å². The molecule has 8 heteroatoms. The first-order valence-corrected chi connectivity index (χ1v) is 9.81. The second-order valence-electron chi connectivity index (χ2n) is 6.93. The molecule has 1 heterocycles. The summed E-state index contributed by atoms with van der Waals surface area (Å²) in [6.07, 6.45) is 0. The van der Waals surface area contributed by atoms with E-state index in [1.54, 1.807) is 54.6 Å². The van der Waals surface area contributed by atoms with Crippen molar-refractivity contribution in [2.45, 2.75) is 6.04 Å². The lowest BCUT2D eigenvalue weighted by molar-refractivity contribution is -0.119. The third-order valence-electron chi connectivity index (χ3n) is 5.04. The lowest BCUT2D eigenvalue weighted by atomic mass is 10.0. The number of nitrogens with zero attached hydrogens (tertiary/aromatic N) is 2. The van der Waals surface area contributed by atoms with Gasteiger partial charge in [-0.1, -0.05) is 30.3 Å². The molecule has 162 valence electrons. The molecule has 32 heavy (non-hydrogen) atoms. The van der Waals surface area contributed by atoms with E-state index in [2.05, 4.69) is 15.3 Å². The normalized spacial score (nSPS) is 14.5. The highest BCUT2D eigenvalue weighted by atomic mass is 16.5. The maximum Gasteiger partial charge on any atom is 0.275 e. The van der Waals surface area contributed by atoms with Crippen molar-refractivity contribution < 1.29 is 23.8 Å². The third-order valence-corrected chi connectivity index (χ3v) is 5.04. The zero-order valence-corrected chi connectivity index (χ0v) is 17.8. The second kappa shape index (κ2) is 8.89. The van der Waals surface area contributed by atoms with Crippen LogP contribution < -0.4 is 30.2 Å². The van der Waals surface area contributed by atoms with Gasteiger partial charge in [0.25, 0.3) is 11.8 Å². The molecule has 0 spiro atoms. The molecule has 0 aromatic heterocycles. The molecule has 0 fully saturated rings. The molecular weight excluding hydrogens is 410 g/mol. The maximum atomic E-state index is 13.1. The summed E-state index contributed by atoms with van der Waals surface area (Å²) >= 11 is 0. The van der Waals surface area contributed by atoms with Crippen molar-refractivity contribution in [3.05, 3.63) is 82.5 Å². The van der Waals surface area contributed by atoms with Crippen LogP contribution in [0.4, 0.5) is 5.69 Å². The standard InChI is InChI=1S/C24H21N3O5/c1-30-19-12-14(13-20(31-2)22(19)32-3)23(28)26-16-9-5-4-8-15(16)21-24(29)27-18-11-7-6-10-17(18)25-21/h4-13,21H,1-3H3,(H,26,28). The fourth-order valence-corrected chi connectivity index (χ4v) is 3.50. The van der Waals surface area contributed by atoms with Gasteiger partial charge >= 0.3 is 0 Å². The molecule has 4 rings (SSSR count). The average molecular weight is 431 g/mol. The van der Waals surface area contributed by atoms with Crippen LogP contribution in [0.25, 0.3) is 0 Å². The molecule has 1 atom stereocenters. The minimum atomic E-state index is -0.846. The number of hydrogen-bond donors (Lipinski definition) is 1. The van der Waals surface area contributed by atoms with E-state index in [0.29, 0.717) is 44.8 Å². The van der Waals surface area contributed by atoms with E-state index in [-0.39, 0.29) is 0 Å². The van der Waals surface area contributed by atoms with Crippen LogP contribution >= 0.6 is 0 Å². The molecule has 0 bridgehead atoms. The number of fused-ring (bicyclic) bond motifs is 1. The predicted molar refractivity (Wildman–Crippen MR) is 117 cm³/mol. The third kappa shape index (κ3) is 3.90. The Morgan fingerprint density at radius 3 is 2.16 bits per heavy atom. The number of carbonyl (C=O) groups is 2. The molecule has 1 unspecified atom stereocenters. The summed E-state index contributed by atoms with van der Waals surface area (Å²) in [5.74, 6) is 0.311. The highest BCUT2D eigenvalue weighted by molar-refractivity contribution is 6.06. The van der Waals surface area contributed by atoms with Crippen molar-refractivity contribution >= 4 is 17.5 Å². The molecule has 1 aliphatic heterocycles. The molecule has 3 aromatic rings. The van der Waals surface area contributed by atoms with E-state index < -0.39 is 17.9 Å². The number of methoxy groups -OCH3 is 3. The zero-order valence-electron chi connectivity index (χ0n) is 17.8. The van der Waals surface area contributed by atoms with Crippen LogP contribution in [0.1, 0.15) is 22.0 Å². The van der Waals surface area contributed by atoms with Crippen LogP contribution in [-0.2, 0) is 4.79 Å². The first-order chi connectivity index (χ1) is 15.5. The van der Waals surface area contributed by atoms with Crippen LogP contribution in [-0.4, -0.2) is 33.1 Å². The second-order valence-corrected chi connectivity index (χ2v) is 6.93. The van der Waals surface area contributed by atoms with Gasteiger partial charge in [0.05, 0.1) is 32.0 Å². The quantitative estimate of drug-likeness (QED) is 0.647. The first kappa shape index (κ1) is 21.0. The van der Waals surface area contributed by atoms with E-state index in [1.807, 2.05) is 6.07 Å². The molecule has 2 amide bonds. The smallest absolute Gasteiger partial charge is 0.275 e. The minimum Gasteiger partial charge on any atom is -0.493 e. The fourth-order valence-electron chi connectivity index (χ4n) is 3.50. The van der Waals surface area contributed by atoms with Crippen molar-refractivity contribution in [1.29, 1.82) is 0 Å². The Balaban J connectivity index is 1.70. The van der Waals surface area contributed by atoms with Crippen molar-refractivity contribution in [2.75, 3.05) is 26.6 Å². The lowest BCUT2D eigenvalue weighted by Crippen LogP contribution is -2.33. The largest absolute Gasteiger partial charge is 0.493 e. The monoisotopic (exact) mass is 431 g/mol.